The van der Waals surface area contributed by atoms with Crippen LogP contribution in [0, 0.1) is 5.41 Å². The van der Waals surface area contributed by atoms with E-state index in [1.807, 2.05) is 12.1 Å². The Morgan fingerprint density at radius 3 is 2.44 bits per heavy atom. The van der Waals surface area contributed by atoms with Gasteiger partial charge in [-0.1, -0.05) is 42.4 Å². The number of carbonyl (C=O) groups excluding carboxylic acids is 1. The average Bonchev–Trinajstić information content (AvgIpc) is 2.26. The van der Waals surface area contributed by atoms with Gasteiger partial charge in [0, 0.05) is 11.6 Å². The molecule has 0 spiro atoms. The Balaban J connectivity index is 1.96. The fourth-order valence-corrected chi connectivity index (χ4v) is 2.49. The highest BCUT2D eigenvalue weighted by Crippen LogP contribution is 2.41. The lowest BCUT2D eigenvalue weighted by atomic mass is 9.68. The van der Waals surface area contributed by atoms with Crippen molar-refractivity contribution in [2.45, 2.75) is 25.8 Å². The Morgan fingerprint density at radius 1 is 1.39 bits per heavy atom. The molecule has 5 heteroatoms. The molecule has 2 rings (SSSR count). The van der Waals surface area contributed by atoms with Crippen LogP contribution in [0.3, 0.4) is 0 Å². The van der Waals surface area contributed by atoms with Gasteiger partial charge < -0.3 is 11.1 Å². The van der Waals surface area contributed by atoms with Gasteiger partial charge >= 0.3 is 0 Å². The van der Waals surface area contributed by atoms with Crippen LogP contribution in [0.5, 0.6) is 0 Å². The SMILES string of the molecule is NC(=S)C1(C(=O)NCc2ccc(Cl)cc2)CCC1. The monoisotopic (exact) mass is 282 g/mol. The van der Waals surface area contributed by atoms with Crippen molar-refractivity contribution in [1.82, 2.24) is 5.32 Å². The molecule has 1 saturated carbocycles. The number of halogens is 1. The van der Waals surface area contributed by atoms with Crippen molar-refractivity contribution in [2.75, 3.05) is 0 Å². The molecule has 0 radical (unpaired) electrons. The van der Waals surface area contributed by atoms with Gasteiger partial charge in [-0.3, -0.25) is 4.79 Å². The highest BCUT2D eigenvalue weighted by molar-refractivity contribution is 7.80. The summed E-state index contributed by atoms with van der Waals surface area (Å²) in [7, 11) is 0. The minimum Gasteiger partial charge on any atom is -0.392 e. The third-order valence-corrected chi connectivity index (χ3v) is 4.12. The fraction of sp³-hybridized carbons (Fsp3) is 0.385. The van der Waals surface area contributed by atoms with Gasteiger partial charge in [-0.05, 0) is 30.5 Å². The molecule has 0 atom stereocenters. The molecule has 3 nitrogen and oxygen atoms in total. The quantitative estimate of drug-likeness (QED) is 0.834. The minimum absolute atomic E-state index is 0.0591. The van der Waals surface area contributed by atoms with E-state index in [9.17, 15) is 4.79 Å². The molecule has 0 unspecified atom stereocenters. The number of amides is 1. The summed E-state index contributed by atoms with van der Waals surface area (Å²) in [5.41, 5.74) is 6.07. The predicted octanol–water partition coefficient (Wildman–Crippen LogP) is 2.41. The third kappa shape index (κ3) is 2.49. The molecular formula is C13H15ClN2OS. The zero-order valence-corrected chi connectivity index (χ0v) is 11.5. The Kier molecular flexibility index (Phi) is 3.88. The van der Waals surface area contributed by atoms with Gasteiger partial charge in [0.05, 0.1) is 10.4 Å². The molecule has 3 N–H and O–H groups in total. The van der Waals surface area contributed by atoms with Gasteiger partial charge in [-0.15, -0.1) is 0 Å². The van der Waals surface area contributed by atoms with E-state index in [2.05, 4.69) is 5.32 Å². The van der Waals surface area contributed by atoms with Crippen molar-refractivity contribution in [2.24, 2.45) is 11.1 Å². The van der Waals surface area contributed by atoms with Crippen molar-refractivity contribution in [3.63, 3.8) is 0 Å². The zero-order valence-electron chi connectivity index (χ0n) is 9.91. The lowest BCUT2D eigenvalue weighted by Crippen LogP contribution is -2.52. The lowest BCUT2D eigenvalue weighted by Gasteiger charge is -2.39. The molecule has 0 heterocycles. The van der Waals surface area contributed by atoms with Crippen LogP contribution in [0.4, 0.5) is 0 Å². The number of benzene rings is 1. The number of rotatable bonds is 4. The Bertz CT molecular complexity index is 468. The summed E-state index contributed by atoms with van der Waals surface area (Å²) in [6.45, 7) is 0.473. The summed E-state index contributed by atoms with van der Waals surface area (Å²) in [6, 6.07) is 7.37. The molecule has 0 bridgehead atoms. The number of hydrogen-bond donors (Lipinski definition) is 2. The second-order valence-corrected chi connectivity index (χ2v) is 5.49. The van der Waals surface area contributed by atoms with E-state index >= 15 is 0 Å². The first-order valence-electron chi connectivity index (χ1n) is 5.87. The summed E-state index contributed by atoms with van der Waals surface area (Å²) in [4.78, 5) is 12.4. The Labute approximate surface area is 117 Å². The molecule has 1 amide bonds. The largest absolute Gasteiger partial charge is 0.392 e. The normalized spacial score (nSPS) is 16.7. The van der Waals surface area contributed by atoms with Crippen LogP contribution in [0.2, 0.25) is 5.02 Å². The molecule has 1 aliphatic rings. The first-order valence-corrected chi connectivity index (χ1v) is 6.66. The van der Waals surface area contributed by atoms with Crippen molar-refractivity contribution in [3.8, 4) is 0 Å². The minimum atomic E-state index is -0.609. The molecule has 1 aromatic carbocycles. The molecule has 96 valence electrons. The zero-order chi connectivity index (χ0) is 13.2. The van der Waals surface area contributed by atoms with Gasteiger partial charge in [0.1, 0.15) is 0 Å². The first-order chi connectivity index (χ1) is 8.54. The molecular weight excluding hydrogens is 268 g/mol. The molecule has 0 saturated heterocycles. The van der Waals surface area contributed by atoms with Crippen LogP contribution >= 0.6 is 23.8 Å². The second-order valence-electron chi connectivity index (χ2n) is 4.61. The van der Waals surface area contributed by atoms with E-state index in [0.717, 1.165) is 24.8 Å². The number of nitrogens with one attached hydrogen (secondary N) is 1. The van der Waals surface area contributed by atoms with E-state index in [-0.39, 0.29) is 5.91 Å². The number of hydrogen-bond acceptors (Lipinski definition) is 2. The van der Waals surface area contributed by atoms with E-state index in [1.165, 1.54) is 0 Å². The van der Waals surface area contributed by atoms with Crippen LogP contribution < -0.4 is 11.1 Å². The van der Waals surface area contributed by atoms with Gasteiger partial charge in [0.2, 0.25) is 5.91 Å². The summed E-state index contributed by atoms with van der Waals surface area (Å²) < 4.78 is 0. The highest BCUT2D eigenvalue weighted by atomic mass is 35.5. The molecule has 0 aliphatic heterocycles. The maximum atomic E-state index is 12.1. The topological polar surface area (TPSA) is 55.1 Å². The standard InChI is InChI=1S/C13H15ClN2OS/c14-10-4-2-9(3-5-10)8-16-12(17)13(11(15)18)6-1-7-13/h2-5H,1,6-8H2,(H2,15,18)(H,16,17). The van der Waals surface area contributed by atoms with Crippen LogP contribution in [-0.2, 0) is 11.3 Å². The van der Waals surface area contributed by atoms with Crippen molar-refractivity contribution in [3.05, 3.63) is 34.9 Å². The fourth-order valence-electron chi connectivity index (χ4n) is 2.07. The van der Waals surface area contributed by atoms with Gasteiger partial charge in [0.25, 0.3) is 0 Å². The lowest BCUT2D eigenvalue weighted by molar-refractivity contribution is -0.131. The van der Waals surface area contributed by atoms with Crippen LogP contribution in [-0.4, -0.2) is 10.9 Å². The molecule has 1 aliphatic carbocycles. The van der Waals surface area contributed by atoms with E-state index in [4.69, 9.17) is 29.6 Å². The Morgan fingerprint density at radius 2 is 2.00 bits per heavy atom. The molecule has 1 aromatic rings. The van der Waals surface area contributed by atoms with Crippen LogP contribution in [0.15, 0.2) is 24.3 Å². The van der Waals surface area contributed by atoms with Gasteiger partial charge in [-0.25, -0.2) is 0 Å². The van der Waals surface area contributed by atoms with E-state index in [0.29, 0.717) is 16.6 Å². The van der Waals surface area contributed by atoms with E-state index < -0.39 is 5.41 Å². The van der Waals surface area contributed by atoms with Crippen LogP contribution in [0.25, 0.3) is 0 Å². The number of thiocarbonyl (C=S) groups is 1. The highest BCUT2D eigenvalue weighted by Gasteiger charge is 2.46. The van der Waals surface area contributed by atoms with Crippen LogP contribution in [0.1, 0.15) is 24.8 Å². The predicted molar refractivity (Wildman–Crippen MR) is 76.4 cm³/mol. The maximum Gasteiger partial charge on any atom is 0.233 e. The summed E-state index contributed by atoms with van der Waals surface area (Å²) in [6.07, 6.45) is 2.52. The maximum absolute atomic E-state index is 12.1. The Hall–Kier alpha value is -1.13. The van der Waals surface area contributed by atoms with Crippen molar-refractivity contribution >= 4 is 34.7 Å². The summed E-state index contributed by atoms with van der Waals surface area (Å²) in [5.74, 6) is -0.0591. The number of carbonyl (C=O) groups is 1. The molecule has 18 heavy (non-hydrogen) atoms. The molecule has 0 aromatic heterocycles. The second kappa shape index (κ2) is 5.24. The van der Waals surface area contributed by atoms with Gasteiger partial charge in [-0.2, -0.15) is 0 Å². The summed E-state index contributed by atoms with van der Waals surface area (Å²) >= 11 is 10.8. The van der Waals surface area contributed by atoms with Gasteiger partial charge in [0.15, 0.2) is 0 Å². The first kappa shape index (κ1) is 13.3. The van der Waals surface area contributed by atoms with Crippen molar-refractivity contribution < 1.29 is 4.79 Å². The van der Waals surface area contributed by atoms with E-state index in [1.54, 1.807) is 12.1 Å². The smallest absolute Gasteiger partial charge is 0.233 e. The number of nitrogens with two attached hydrogens (primary N) is 1. The molecule has 1 fully saturated rings. The third-order valence-electron chi connectivity index (χ3n) is 3.48. The summed E-state index contributed by atoms with van der Waals surface area (Å²) in [5, 5.41) is 3.58. The van der Waals surface area contributed by atoms with Crippen molar-refractivity contribution in [1.29, 1.82) is 0 Å². The average molecular weight is 283 g/mol.